The van der Waals surface area contributed by atoms with Gasteiger partial charge in [0.05, 0.1) is 24.3 Å². The number of halogens is 1. The van der Waals surface area contributed by atoms with Crippen LogP contribution in [0.4, 0.5) is 5.69 Å². The van der Waals surface area contributed by atoms with Gasteiger partial charge in [0.25, 0.3) is 0 Å². The lowest BCUT2D eigenvalue weighted by molar-refractivity contribution is 0.286. The zero-order valence-electron chi connectivity index (χ0n) is 14.4. The van der Waals surface area contributed by atoms with Gasteiger partial charge in [-0.05, 0) is 78.7 Å². The van der Waals surface area contributed by atoms with E-state index in [1.807, 2.05) is 51.1 Å². The first-order chi connectivity index (χ1) is 11.7. The molecule has 0 fully saturated rings. The highest BCUT2D eigenvalue weighted by Crippen LogP contribution is 2.37. The molecule has 5 heteroatoms. The van der Waals surface area contributed by atoms with Crippen molar-refractivity contribution in [2.24, 2.45) is 0 Å². The second-order valence-electron chi connectivity index (χ2n) is 5.08. The molecule has 4 nitrogen and oxygen atoms in total. The van der Waals surface area contributed by atoms with Crippen molar-refractivity contribution in [1.82, 2.24) is 0 Å². The van der Waals surface area contributed by atoms with Gasteiger partial charge in [-0.1, -0.05) is 0 Å². The minimum atomic E-state index is 0.599. The van der Waals surface area contributed by atoms with Crippen molar-refractivity contribution in [1.29, 1.82) is 0 Å². The fraction of sp³-hybridized carbons (Fsp3) is 0.368. The Kier molecular flexibility index (Phi) is 7.25. The van der Waals surface area contributed by atoms with Crippen molar-refractivity contribution in [2.45, 2.75) is 27.3 Å². The second-order valence-corrected chi connectivity index (χ2v) is 5.94. The number of ether oxygens (including phenoxy) is 3. The molecule has 0 spiro atoms. The van der Waals surface area contributed by atoms with Gasteiger partial charge in [0, 0.05) is 12.2 Å². The van der Waals surface area contributed by atoms with Crippen LogP contribution in [0.1, 0.15) is 26.3 Å². The molecular formula is C19H24BrNO3. The van der Waals surface area contributed by atoms with E-state index in [2.05, 4.69) is 27.3 Å². The van der Waals surface area contributed by atoms with Gasteiger partial charge in [-0.3, -0.25) is 0 Å². The Balaban J connectivity index is 2.08. The Hall–Kier alpha value is -1.88. The van der Waals surface area contributed by atoms with E-state index in [0.717, 1.165) is 33.0 Å². The summed E-state index contributed by atoms with van der Waals surface area (Å²) in [6, 6.07) is 12.0. The van der Waals surface area contributed by atoms with Crippen LogP contribution in [0.2, 0.25) is 0 Å². The van der Waals surface area contributed by atoms with Crippen LogP contribution in [0, 0.1) is 0 Å². The Labute approximate surface area is 152 Å². The summed E-state index contributed by atoms with van der Waals surface area (Å²) >= 11 is 3.57. The number of rotatable bonds is 9. The first kappa shape index (κ1) is 18.5. The van der Waals surface area contributed by atoms with Gasteiger partial charge in [0.2, 0.25) is 0 Å². The smallest absolute Gasteiger partial charge is 0.175 e. The molecule has 0 aromatic heterocycles. The highest BCUT2D eigenvalue weighted by Gasteiger charge is 2.11. The molecule has 0 atom stereocenters. The molecule has 0 aliphatic carbocycles. The zero-order valence-corrected chi connectivity index (χ0v) is 16.0. The average Bonchev–Trinajstić information content (AvgIpc) is 2.58. The van der Waals surface area contributed by atoms with Gasteiger partial charge >= 0.3 is 0 Å². The predicted molar refractivity (Wildman–Crippen MR) is 101 cm³/mol. The van der Waals surface area contributed by atoms with Gasteiger partial charge in [0.15, 0.2) is 11.5 Å². The Morgan fingerprint density at radius 1 is 0.875 bits per heavy atom. The van der Waals surface area contributed by atoms with Crippen molar-refractivity contribution in [3.8, 4) is 17.2 Å². The van der Waals surface area contributed by atoms with Crippen LogP contribution in [0.3, 0.4) is 0 Å². The summed E-state index contributed by atoms with van der Waals surface area (Å²) in [6.07, 6.45) is 0. The van der Waals surface area contributed by atoms with Crippen LogP contribution >= 0.6 is 15.9 Å². The van der Waals surface area contributed by atoms with Crippen LogP contribution in [-0.2, 0) is 6.54 Å². The summed E-state index contributed by atoms with van der Waals surface area (Å²) in [5, 5.41) is 3.41. The van der Waals surface area contributed by atoms with Crippen LogP contribution in [-0.4, -0.2) is 19.8 Å². The molecule has 2 aromatic rings. The topological polar surface area (TPSA) is 39.7 Å². The molecule has 0 aliphatic heterocycles. The maximum absolute atomic E-state index is 5.71. The van der Waals surface area contributed by atoms with E-state index in [9.17, 15) is 0 Å². The van der Waals surface area contributed by atoms with Crippen LogP contribution in [0.15, 0.2) is 40.9 Å². The lowest BCUT2D eigenvalue weighted by atomic mass is 10.2. The van der Waals surface area contributed by atoms with Crippen LogP contribution in [0.5, 0.6) is 17.2 Å². The monoisotopic (exact) mass is 393 g/mol. The highest BCUT2D eigenvalue weighted by molar-refractivity contribution is 9.10. The van der Waals surface area contributed by atoms with Gasteiger partial charge in [-0.15, -0.1) is 0 Å². The van der Waals surface area contributed by atoms with E-state index in [4.69, 9.17) is 14.2 Å². The fourth-order valence-corrected chi connectivity index (χ4v) is 2.91. The minimum Gasteiger partial charge on any atom is -0.494 e. The SMILES string of the molecule is CCOc1ccc(NCc2cc(Br)c(OCC)c(OCC)c2)cc1. The zero-order chi connectivity index (χ0) is 17.4. The standard InChI is InChI=1S/C19H24BrNO3/c1-4-22-16-9-7-15(8-10-16)21-13-14-11-17(20)19(24-6-3)18(12-14)23-5-2/h7-12,21H,4-6,13H2,1-3H3. The molecule has 2 rings (SSSR count). The molecule has 2 aromatic carbocycles. The van der Waals surface area contributed by atoms with E-state index in [-0.39, 0.29) is 0 Å². The third-order valence-corrected chi connectivity index (χ3v) is 3.91. The molecule has 130 valence electrons. The van der Waals surface area contributed by atoms with Crippen molar-refractivity contribution < 1.29 is 14.2 Å². The maximum Gasteiger partial charge on any atom is 0.175 e. The number of benzene rings is 2. The predicted octanol–water partition coefficient (Wildman–Crippen LogP) is 5.26. The van der Waals surface area contributed by atoms with E-state index < -0.39 is 0 Å². The van der Waals surface area contributed by atoms with E-state index in [1.54, 1.807) is 0 Å². The van der Waals surface area contributed by atoms with Crippen molar-refractivity contribution >= 4 is 21.6 Å². The van der Waals surface area contributed by atoms with Crippen molar-refractivity contribution in [3.63, 3.8) is 0 Å². The second kappa shape index (κ2) is 9.42. The van der Waals surface area contributed by atoms with Crippen molar-refractivity contribution in [3.05, 3.63) is 46.4 Å². The van der Waals surface area contributed by atoms with E-state index in [1.165, 1.54) is 0 Å². The normalized spacial score (nSPS) is 10.3. The summed E-state index contributed by atoms with van der Waals surface area (Å²) in [5.41, 5.74) is 2.16. The van der Waals surface area contributed by atoms with E-state index >= 15 is 0 Å². The highest BCUT2D eigenvalue weighted by atomic mass is 79.9. The van der Waals surface area contributed by atoms with Gasteiger partial charge in [0.1, 0.15) is 5.75 Å². The summed E-state index contributed by atoms with van der Waals surface area (Å²) in [7, 11) is 0. The molecular weight excluding hydrogens is 370 g/mol. The largest absolute Gasteiger partial charge is 0.494 e. The van der Waals surface area contributed by atoms with Crippen LogP contribution in [0.25, 0.3) is 0 Å². The fourth-order valence-electron chi connectivity index (χ4n) is 2.31. The first-order valence-corrected chi connectivity index (χ1v) is 9.01. The molecule has 24 heavy (non-hydrogen) atoms. The molecule has 0 bridgehead atoms. The first-order valence-electron chi connectivity index (χ1n) is 8.22. The molecule has 0 saturated heterocycles. The third kappa shape index (κ3) is 5.06. The quantitative estimate of drug-likeness (QED) is 0.630. The Morgan fingerprint density at radius 2 is 1.54 bits per heavy atom. The third-order valence-electron chi connectivity index (χ3n) is 3.32. The maximum atomic E-state index is 5.71. The number of hydrogen-bond donors (Lipinski definition) is 1. The molecule has 0 aliphatic rings. The number of anilines is 1. The van der Waals surface area contributed by atoms with Gasteiger partial charge in [-0.2, -0.15) is 0 Å². The molecule has 0 radical (unpaired) electrons. The molecule has 0 saturated carbocycles. The summed E-state index contributed by atoms with van der Waals surface area (Å²) in [5.74, 6) is 2.40. The minimum absolute atomic E-state index is 0.599. The van der Waals surface area contributed by atoms with Gasteiger partial charge < -0.3 is 19.5 Å². The van der Waals surface area contributed by atoms with Gasteiger partial charge in [-0.25, -0.2) is 0 Å². The molecule has 0 amide bonds. The Morgan fingerprint density at radius 3 is 2.17 bits per heavy atom. The number of hydrogen-bond acceptors (Lipinski definition) is 4. The van der Waals surface area contributed by atoms with Crippen molar-refractivity contribution in [2.75, 3.05) is 25.1 Å². The number of nitrogens with one attached hydrogen (secondary N) is 1. The summed E-state index contributed by atoms with van der Waals surface area (Å²) < 4.78 is 17.7. The van der Waals surface area contributed by atoms with E-state index in [0.29, 0.717) is 26.4 Å². The molecule has 1 N–H and O–H groups in total. The van der Waals surface area contributed by atoms with Crippen LogP contribution < -0.4 is 19.5 Å². The molecule has 0 unspecified atom stereocenters. The summed E-state index contributed by atoms with van der Waals surface area (Å²) in [4.78, 5) is 0. The lowest BCUT2D eigenvalue weighted by Gasteiger charge is -2.15. The lowest BCUT2D eigenvalue weighted by Crippen LogP contribution is -2.03. The Bertz CT molecular complexity index is 644. The summed E-state index contributed by atoms with van der Waals surface area (Å²) in [6.45, 7) is 8.47. The molecule has 0 heterocycles. The average molecular weight is 394 g/mol.